The summed E-state index contributed by atoms with van der Waals surface area (Å²) in [5.41, 5.74) is 5.69. The van der Waals surface area contributed by atoms with Gasteiger partial charge in [-0.25, -0.2) is 0 Å². The molecule has 0 aromatic heterocycles. The van der Waals surface area contributed by atoms with E-state index in [9.17, 15) is 0 Å². The molecule has 0 spiro atoms. The quantitative estimate of drug-likeness (QED) is 0.577. The monoisotopic (exact) mass is 146 g/mol. The Morgan fingerprint density at radius 3 is 2.60 bits per heavy atom. The van der Waals surface area contributed by atoms with Crippen LogP contribution in [0.2, 0.25) is 0 Å². The van der Waals surface area contributed by atoms with E-state index in [0.717, 1.165) is 19.4 Å². The third-order valence-corrected chi connectivity index (χ3v) is 1.65. The maximum atomic E-state index is 5.69. The second-order valence-corrected chi connectivity index (χ2v) is 2.49. The summed E-state index contributed by atoms with van der Waals surface area (Å²) in [6.07, 6.45) is 2.04. The molecule has 0 bridgehead atoms. The van der Waals surface area contributed by atoms with Crippen molar-refractivity contribution >= 4 is 0 Å². The van der Waals surface area contributed by atoms with Gasteiger partial charge in [-0.2, -0.15) is 5.06 Å². The molecule has 0 radical (unpaired) electrons. The first-order valence-electron chi connectivity index (χ1n) is 3.71. The van der Waals surface area contributed by atoms with Crippen molar-refractivity contribution in [3.8, 4) is 0 Å². The minimum absolute atomic E-state index is 0.317. The van der Waals surface area contributed by atoms with Crippen LogP contribution < -0.4 is 5.73 Å². The summed E-state index contributed by atoms with van der Waals surface area (Å²) in [6.45, 7) is 3.00. The second-order valence-electron chi connectivity index (χ2n) is 2.49. The summed E-state index contributed by atoms with van der Waals surface area (Å²) in [7, 11) is 3.57. The molecule has 0 aromatic carbocycles. The van der Waals surface area contributed by atoms with E-state index in [2.05, 4.69) is 6.92 Å². The lowest BCUT2D eigenvalue weighted by atomic mass is 10.2. The summed E-state index contributed by atoms with van der Waals surface area (Å²) in [5.74, 6) is 0. The molecule has 0 saturated heterocycles. The molecule has 3 nitrogen and oxygen atoms in total. The van der Waals surface area contributed by atoms with Crippen molar-refractivity contribution < 1.29 is 4.84 Å². The summed E-state index contributed by atoms with van der Waals surface area (Å²) < 4.78 is 0. The van der Waals surface area contributed by atoms with Gasteiger partial charge in [0.05, 0.1) is 7.11 Å². The van der Waals surface area contributed by atoms with Gasteiger partial charge in [-0.15, -0.1) is 0 Å². The molecule has 0 fully saturated rings. The van der Waals surface area contributed by atoms with Gasteiger partial charge >= 0.3 is 0 Å². The van der Waals surface area contributed by atoms with Gasteiger partial charge in [0.2, 0.25) is 0 Å². The van der Waals surface area contributed by atoms with E-state index < -0.39 is 0 Å². The first-order valence-corrected chi connectivity index (χ1v) is 3.71. The van der Waals surface area contributed by atoms with Crippen LogP contribution in [0.5, 0.6) is 0 Å². The SMILES string of the molecule is CCC(N)CCN(C)OC. The van der Waals surface area contributed by atoms with Crippen LogP contribution in [0, 0.1) is 0 Å². The average molecular weight is 146 g/mol. The molecule has 0 aliphatic carbocycles. The van der Waals surface area contributed by atoms with Crippen LogP contribution in [-0.4, -0.2) is 31.8 Å². The lowest BCUT2D eigenvalue weighted by Gasteiger charge is -2.15. The average Bonchev–Trinajstić information content (AvgIpc) is 1.99. The molecular weight excluding hydrogens is 128 g/mol. The zero-order chi connectivity index (χ0) is 7.98. The second kappa shape index (κ2) is 5.65. The normalized spacial score (nSPS) is 14.1. The van der Waals surface area contributed by atoms with Crippen LogP contribution in [0.4, 0.5) is 0 Å². The van der Waals surface area contributed by atoms with Crippen molar-refractivity contribution in [3.05, 3.63) is 0 Å². The maximum Gasteiger partial charge on any atom is 0.0575 e. The van der Waals surface area contributed by atoms with Gasteiger partial charge < -0.3 is 10.6 Å². The molecule has 10 heavy (non-hydrogen) atoms. The zero-order valence-electron chi connectivity index (χ0n) is 7.13. The predicted molar refractivity (Wildman–Crippen MR) is 42.5 cm³/mol. The van der Waals surface area contributed by atoms with Crippen molar-refractivity contribution in [2.24, 2.45) is 5.73 Å². The molecule has 0 heterocycles. The number of hydrogen-bond acceptors (Lipinski definition) is 3. The highest BCUT2D eigenvalue weighted by Crippen LogP contribution is 1.94. The first kappa shape index (κ1) is 9.88. The smallest absolute Gasteiger partial charge is 0.0575 e. The van der Waals surface area contributed by atoms with Gasteiger partial charge in [-0.05, 0) is 12.8 Å². The molecule has 3 heteroatoms. The minimum Gasteiger partial charge on any atom is -0.328 e. The lowest BCUT2D eigenvalue weighted by Crippen LogP contribution is -2.26. The van der Waals surface area contributed by atoms with Gasteiger partial charge in [0.15, 0.2) is 0 Å². The first-order chi connectivity index (χ1) is 4.70. The topological polar surface area (TPSA) is 38.5 Å². The number of rotatable bonds is 5. The van der Waals surface area contributed by atoms with Crippen molar-refractivity contribution in [2.75, 3.05) is 20.7 Å². The molecular formula is C7H18N2O. The van der Waals surface area contributed by atoms with Crippen LogP contribution in [0.3, 0.4) is 0 Å². The van der Waals surface area contributed by atoms with Crippen molar-refractivity contribution in [1.29, 1.82) is 0 Å². The number of nitrogens with two attached hydrogens (primary N) is 1. The summed E-state index contributed by atoms with van der Waals surface area (Å²) in [4.78, 5) is 4.92. The lowest BCUT2D eigenvalue weighted by molar-refractivity contribution is -0.110. The van der Waals surface area contributed by atoms with Crippen LogP contribution in [0.15, 0.2) is 0 Å². The summed E-state index contributed by atoms with van der Waals surface area (Å²) >= 11 is 0. The Kier molecular flexibility index (Phi) is 5.58. The highest BCUT2D eigenvalue weighted by Gasteiger charge is 2.00. The summed E-state index contributed by atoms with van der Waals surface area (Å²) in [6, 6.07) is 0.317. The van der Waals surface area contributed by atoms with E-state index in [1.54, 1.807) is 12.2 Å². The van der Waals surface area contributed by atoms with E-state index in [-0.39, 0.29) is 0 Å². The molecule has 62 valence electrons. The van der Waals surface area contributed by atoms with E-state index in [0.29, 0.717) is 6.04 Å². The minimum atomic E-state index is 0.317. The zero-order valence-corrected chi connectivity index (χ0v) is 7.13. The van der Waals surface area contributed by atoms with Gasteiger partial charge in [-0.1, -0.05) is 6.92 Å². The third-order valence-electron chi connectivity index (χ3n) is 1.65. The largest absolute Gasteiger partial charge is 0.328 e. The Labute approximate surface area is 63.1 Å². The van der Waals surface area contributed by atoms with Crippen molar-refractivity contribution in [1.82, 2.24) is 5.06 Å². The Morgan fingerprint density at radius 2 is 2.20 bits per heavy atom. The highest BCUT2D eigenvalue weighted by atomic mass is 16.7. The molecule has 0 rings (SSSR count). The molecule has 1 atom stereocenters. The highest BCUT2D eigenvalue weighted by molar-refractivity contribution is 4.58. The Morgan fingerprint density at radius 1 is 1.60 bits per heavy atom. The fraction of sp³-hybridized carbons (Fsp3) is 1.00. The molecule has 0 amide bonds. The fourth-order valence-corrected chi connectivity index (χ4v) is 0.643. The molecule has 0 aromatic rings. The molecule has 1 unspecified atom stereocenters. The predicted octanol–water partition coefficient (Wildman–Crippen LogP) is 0.607. The molecule has 0 aliphatic heterocycles. The maximum absolute atomic E-state index is 5.69. The van der Waals surface area contributed by atoms with Crippen LogP contribution >= 0.6 is 0 Å². The Bertz CT molecular complexity index is 68.0. The van der Waals surface area contributed by atoms with Gasteiger partial charge in [0.25, 0.3) is 0 Å². The summed E-state index contributed by atoms with van der Waals surface area (Å²) in [5, 5.41) is 1.79. The van der Waals surface area contributed by atoms with Crippen molar-refractivity contribution in [2.45, 2.75) is 25.8 Å². The van der Waals surface area contributed by atoms with Gasteiger partial charge in [-0.3, -0.25) is 0 Å². The van der Waals surface area contributed by atoms with E-state index in [1.807, 2.05) is 7.05 Å². The van der Waals surface area contributed by atoms with Gasteiger partial charge in [0.1, 0.15) is 0 Å². The molecule has 2 N–H and O–H groups in total. The molecule has 0 saturated carbocycles. The van der Waals surface area contributed by atoms with Crippen LogP contribution in [0.1, 0.15) is 19.8 Å². The van der Waals surface area contributed by atoms with E-state index in [4.69, 9.17) is 10.6 Å². The van der Waals surface area contributed by atoms with Crippen molar-refractivity contribution in [3.63, 3.8) is 0 Å². The van der Waals surface area contributed by atoms with Gasteiger partial charge in [0, 0.05) is 19.6 Å². The van der Waals surface area contributed by atoms with E-state index in [1.165, 1.54) is 0 Å². The molecule has 0 aliphatic rings. The van der Waals surface area contributed by atoms with Crippen LogP contribution in [-0.2, 0) is 4.84 Å². The Hall–Kier alpha value is -0.120. The van der Waals surface area contributed by atoms with E-state index >= 15 is 0 Å². The number of hydroxylamine groups is 2. The third kappa shape index (κ3) is 4.73. The standard InChI is InChI=1S/C7H18N2O/c1-4-7(8)5-6-9(2)10-3/h7H,4-6,8H2,1-3H3. The van der Waals surface area contributed by atoms with Crippen LogP contribution in [0.25, 0.3) is 0 Å². The Balaban J connectivity index is 3.17. The number of hydrogen-bond donors (Lipinski definition) is 1. The number of nitrogens with zero attached hydrogens (tertiary/aromatic N) is 1. The fourth-order valence-electron chi connectivity index (χ4n) is 0.643.